The number of imidazole rings is 2. The maximum atomic E-state index is 14.3. The minimum atomic E-state index is -0.774. The van der Waals surface area contributed by atoms with E-state index in [0.29, 0.717) is 104 Å². The van der Waals surface area contributed by atoms with E-state index in [1.54, 1.807) is 0 Å². The third-order valence-electron chi connectivity index (χ3n) is 13.5. The molecule has 2 aromatic heterocycles. The Bertz CT molecular complexity index is 2320. The van der Waals surface area contributed by atoms with Crippen LogP contribution in [0, 0.1) is 23.7 Å². The molecule has 9 rings (SSSR count). The average Bonchev–Trinajstić information content (AvgIpc) is 4.19. The van der Waals surface area contributed by atoms with Crippen LogP contribution in [0.25, 0.3) is 33.6 Å². The number of halogens is 2. The average molecular weight is 918 g/mol. The first-order chi connectivity index (χ1) is 31.1. The first-order valence-electron chi connectivity index (χ1n) is 22.3. The lowest BCUT2D eigenvalue weighted by atomic mass is 9.90. The summed E-state index contributed by atoms with van der Waals surface area (Å²) in [6.45, 7) is 2.13. The highest BCUT2D eigenvalue weighted by atomic mass is 35.5. The summed E-state index contributed by atoms with van der Waals surface area (Å²) < 4.78 is 20.8. The van der Waals surface area contributed by atoms with Crippen molar-refractivity contribution < 1.29 is 38.1 Å². The van der Waals surface area contributed by atoms with Crippen LogP contribution in [0.5, 0.6) is 0 Å². The summed E-state index contributed by atoms with van der Waals surface area (Å²) in [6.07, 6.45) is 5.90. The van der Waals surface area contributed by atoms with Gasteiger partial charge in [0.1, 0.15) is 45.4 Å². The number of carbonyl (C=O) groups is 4. The SMILES string of the molecule is COC(=O)N[C@H](C(=O)N[C@@H](CC1CC1)c1nc(-c2ccc(-c3ccc(-c4nc([C@@H]5C[C@H]6C[C@H]6N5C(=O)[C@@H](NC(=O)OC)C5CCOCC5)[nH]c4Cl)cc3)cc2)c(Cl)[nH]1)C1CCOCC1. The minimum Gasteiger partial charge on any atom is -0.453 e. The Hall–Kier alpha value is -5.16. The van der Waals surface area contributed by atoms with E-state index in [2.05, 4.69) is 25.9 Å². The number of aromatic nitrogens is 4. The molecular formula is C46H54Cl2N8O8. The molecule has 6 atom stereocenters. The van der Waals surface area contributed by atoms with Gasteiger partial charge < -0.3 is 49.8 Å². The molecule has 64 heavy (non-hydrogen) atoms. The van der Waals surface area contributed by atoms with Gasteiger partial charge in [0.2, 0.25) is 11.8 Å². The Morgan fingerprint density at radius 2 is 1.22 bits per heavy atom. The Kier molecular flexibility index (Phi) is 13.2. The highest BCUT2D eigenvalue weighted by Gasteiger charge is 2.57. The molecule has 16 nitrogen and oxygen atoms in total. The van der Waals surface area contributed by atoms with Gasteiger partial charge in [-0.1, -0.05) is 84.6 Å². The summed E-state index contributed by atoms with van der Waals surface area (Å²) in [4.78, 5) is 71.0. The van der Waals surface area contributed by atoms with E-state index in [9.17, 15) is 19.2 Å². The number of likely N-dealkylation sites (tertiary alicyclic amines) is 1. The zero-order valence-corrected chi connectivity index (χ0v) is 37.4. The van der Waals surface area contributed by atoms with E-state index in [1.807, 2.05) is 53.4 Å². The number of nitrogens with one attached hydrogen (secondary N) is 5. The third-order valence-corrected chi connectivity index (χ3v) is 14.1. The predicted molar refractivity (Wildman–Crippen MR) is 237 cm³/mol. The number of rotatable bonds is 14. The lowest BCUT2D eigenvalue weighted by molar-refractivity contribution is -0.138. The number of H-pyrrole nitrogens is 2. The van der Waals surface area contributed by atoms with Gasteiger partial charge in [0.15, 0.2) is 0 Å². The quantitative estimate of drug-likeness (QED) is 0.0851. The monoisotopic (exact) mass is 916 g/mol. The van der Waals surface area contributed by atoms with E-state index in [4.69, 9.17) is 52.1 Å². The highest BCUT2D eigenvalue weighted by molar-refractivity contribution is 6.32. The molecule has 340 valence electrons. The van der Waals surface area contributed by atoms with Gasteiger partial charge in [-0.3, -0.25) is 9.59 Å². The summed E-state index contributed by atoms with van der Waals surface area (Å²) >= 11 is 13.6. The number of benzene rings is 2. The van der Waals surface area contributed by atoms with Crippen molar-refractivity contribution in [3.8, 4) is 33.6 Å². The molecule has 2 saturated carbocycles. The number of aromatic amines is 2. The number of piperidine rings is 1. The number of ether oxygens (including phenoxy) is 4. The summed E-state index contributed by atoms with van der Waals surface area (Å²) in [6, 6.07) is 13.8. The molecule has 2 aliphatic carbocycles. The molecule has 18 heteroatoms. The molecule has 5 heterocycles. The second-order valence-corrected chi connectivity index (χ2v) is 18.4. The van der Waals surface area contributed by atoms with Crippen molar-refractivity contribution in [3.63, 3.8) is 0 Å². The molecule has 3 aliphatic heterocycles. The van der Waals surface area contributed by atoms with Gasteiger partial charge in [-0.15, -0.1) is 0 Å². The van der Waals surface area contributed by atoms with E-state index in [0.717, 1.165) is 47.9 Å². The Morgan fingerprint density at radius 3 is 1.78 bits per heavy atom. The van der Waals surface area contributed by atoms with Gasteiger partial charge in [-0.25, -0.2) is 19.6 Å². The van der Waals surface area contributed by atoms with Crippen molar-refractivity contribution in [1.82, 2.24) is 40.8 Å². The molecule has 5 fully saturated rings. The van der Waals surface area contributed by atoms with Crippen molar-refractivity contribution in [2.75, 3.05) is 40.6 Å². The first kappa shape index (κ1) is 44.1. The van der Waals surface area contributed by atoms with E-state index in [1.165, 1.54) is 14.2 Å². The fourth-order valence-electron chi connectivity index (χ4n) is 9.70. The largest absolute Gasteiger partial charge is 0.453 e. The summed E-state index contributed by atoms with van der Waals surface area (Å²) in [5, 5.41) is 9.50. The maximum absolute atomic E-state index is 14.3. The number of carbonyl (C=O) groups excluding carboxylic acids is 4. The molecular weight excluding hydrogens is 863 g/mol. The number of nitrogens with zero attached hydrogens (tertiary/aromatic N) is 3. The van der Waals surface area contributed by atoms with Gasteiger partial charge in [-0.2, -0.15) is 0 Å². The third kappa shape index (κ3) is 9.60. The zero-order valence-electron chi connectivity index (χ0n) is 35.9. The van der Waals surface area contributed by atoms with Gasteiger partial charge in [0.05, 0.1) is 26.3 Å². The number of alkyl carbamates (subject to hydrolysis) is 2. The maximum Gasteiger partial charge on any atom is 0.407 e. The van der Waals surface area contributed by atoms with Gasteiger partial charge in [0.25, 0.3) is 0 Å². The molecule has 0 unspecified atom stereocenters. The molecule has 3 saturated heterocycles. The molecule has 0 spiro atoms. The van der Waals surface area contributed by atoms with Gasteiger partial charge >= 0.3 is 12.2 Å². The van der Waals surface area contributed by atoms with Gasteiger partial charge in [-0.05, 0) is 79.7 Å². The van der Waals surface area contributed by atoms with E-state index >= 15 is 0 Å². The van der Waals surface area contributed by atoms with Crippen molar-refractivity contribution in [3.05, 3.63) is 70.5 Å². The lowest BCUT2D eigenvalue weighted by Gasteiger charge is -2.35. The second-order valence-electron chi connectivity index (χ2n) is 17.7. The second kappa shape index (κ2) is 19.1. The smallest absolute Gasteiger partial charge is 0.407 e. The molecule has 4 amide bonds. The first-order valence-corrected chi connectivity index (χ1v) is 23.0. The molecule has 0 bridgehead atoms. The topological polar surface area (TPSA) is 202 Å². The normalized spacial score (nSPS) is 22.5. The standard InChI is InChI=1S/C46H54Cl2N8O8/c1-61-45(59)52-37(29-13-17-63-18-14-29)43(57)49-32(21-24-3-4-24)41-50-35(39(47)54-41)27-9-5-25(6-10-27)26-7-11-28(12-8-26)36-40(48)55-42(51-36)34-23-31-22-33(31)56(34)44(58)38(53-46(60)62-2)30-15-19-64-20-16-30/h5-12,24,29-34,37-38H,3-4,13-23H2,1-2H3,(H,49,57)(H,50,54)(H,51,55)(H,52,59)(H,53,60)/t31-,32+,33-,34+,37+,38+/m1/s1. The van der Waals surface area contributed by atoms with Crippen molar-refractivity contribution in [1.29, 1.82) is 0 Å². The minimum absolute atomic E-state index is 0.0588. The molecule has 2 aromatic carbocycles. The Balaban J connectivity index is 0.882. The van der Waals surface area contributed by atoms with Crippen LogP contribution >= 0.6 is 23.2 Å². The fourth-order valence-corrected chi connectivity index (χ4v) is 10.2. The van der Waals surface area contributed by atoms with Crippen LogP contribution in [0.2, 0.25) is 10.3 Å². The zero-order chi connectivity index (χ0) is 44.5. The van der Waals surface area contributed by atoms with Crippen LogP contribution < -0.4 is 16.0 Å². The van der Waals surface area contributed by atoms with Crippen LogP contribution in [0.3, 0.4) is 0 Å². The Morgan fingerprint density at radius 1 is 0.703 bits per heavy atom. The molecule has 5 N–H and O–H groups in total. The molecule has 5 aliphatic rings. The van der Waals surface area contributed by atoms with Crippen LogP contribution in [0.1, 0.15) is 81.5 Å². The van der Waals surface area contributed by atoms with Crippen molar-refractivity contribution in [2.45, 2.75) is 88.0 Å². The number of hydrogen-bond acceptors (Lipinski definition) is 10. The predicted octanol–water partition coefficient (Wildman–Crippen LogP) is 7.36. The van der Waals surface area contributed by atoms with Crippen LogP contribution in [0.4, 0.5) is 9.59 Å². The lowest BCUT2D eigenvalue weighted by Crippen LogP contribution is -2.54. The Labute approximate surface area is 381 Å². The van der Waals surface area contributed by atoms with Crippen LogP contribution in [-0.2, 0) is 28.5 Å². The van der Waals surface area contributed by atoms with Gasteiger partial charge in [0, 0.05) is 43.6 Å². The molecule has 4 aromatic rings. The van der Waals surface area contributed by atoms with E-state index < -0.39 is 30.3 Å². The summed E-state index contributed by atoms with van der Waals surface area (Å²) in [5.74, 6) is 1.45. The summed E-state index contributed by atoms with van der Waals surface area (Å²) in [5.41, 5.74) is 4.76. The van der Waals surface area contributed by atoms with Crippen LogP contribution in [-0.4, -0.2) is 108 Å². The van der Waals surface area contributed by atoms with Crippen molar-refractivity contribution in [2.24, 2.45) is 23.7 Å². The number of hydrogen-bond donors (Lipinski definition) is 5. The van der Waals surface area contributed by atoms with E-state index in [-0.39, 0.29) is 35.7 Å². The van der Waals surface area contributed by atoms with Crippen LogP contribution in [0.15, 0.2) is 48.5 Å². The number of methoxy groups -OCH3 is 2. The summed E-state index contributed by atoms with van der Waals surface area (Å²) in [7, 11) is 2.58. The number of fused-ring (bicyclic) bond motifs is 1. The highest BCUT2D eigenvalue weighted by Crippen LogP contribution is 2.54. The fraction of sp³-hybridized carbons (Fsp3) is 0.522. The number of amides is 4. The molecule has 0 radical (unpaired) electrons. The van der Waals surface area contributed by atoms with Crippen molar-refractivity contribution >= 4 is 47.2 Å².